The van der Waals surface area contributed by atoms with E-state index in [0.29, 0.717) is 5.02 Å². The fourth-order valence-electron chi connectivity index (χ4n) is 3.90. The predicted octanol–water partition coefficient (Wildman–Crippen LogP) is 7.93. The molecule has 4 aromatic rings. The van der Waals surface area contributed by atoms with Crippen LogP contribution in [-0.2, 0) is 23.6 Å². The molecule has 0 bridgehead atoms. The fraction of sp³-hybridized carbons (Fsp3) is 0.172. The molecular formula is C29H24ClF2NO. The molecule has 172 valence electrons. The van der Waals surface area contributed by atoms with Crippen molar-refractivity contribution in [2.75, 3.05) is 0 Å². The topological polar surface area (TPSA) is 30.0 Å². The van der Waals surface area contributed by atoms with Gasteiger partial charge >= 0.3 is 0 Å². The predicted molar refractivity (Wildman–Crippen MR) is 133 cm³/mol. The highest BCUT2D eigenvalue weighted by atomic mass is 35.5. The van der Waals surface area contributed by atoms with Crippen molar-refractivity contribution in [1.29, 1.82) is 0 Å². The SMILES string of the molecule is CCC(F)(F)c1ccc(CC(=O)Cc2ccc(-c3ncccc3-c3ccccc3Cl)cc2)cc1. The lowest BCUT2D eigenvalue weighted by atomic mass is 9.97. The van der Waals surface area contributed by atoms with Crippen molar-refractivity contribution < 1.29 is 13.6 Å². The van der Waals surface area contributed by atoms with Crippen molar-refractivity contribution >= 4 is 17.4 Å². The maximum Gasteiger partial charge on any atom is 0.273 e. The van der Waals surface area contributed by atoms with E-state index in [-0.39, 0.29) is 30.6 Å². The molecular weight excluding hydrogens is 452 g/mol. The van der Waals surface area contributed by atoms with E-state index >= 15 is 0 Å². The van der Waals surface area contributed by atoms with Crippen LogP contribution in [0.2, 0.25) is 5.02 Å². The smallest absolute Gasteiger partial charge is 0.273 e. The molecule has 0 radical (unpaired) electrons. The molecule has 3 aromatic carbocycles. The van der Waals surface area contributed by atoms with Crippen molar-refractivity contribution in [3.63, 3.8) is 0 Å². The van der Waals surface area contributed by atoms with Crippen LogP contribution in [-0.4, -0.2) is 10.8 Å². The molecule has 34 heavy (non-hydrogen) atoms. The number of carbonyl (C=O) groups is 1. The molecule has 0 spiro atoms. The van der Waals surface area contributed by atoms with Gasteiger partial charge in [-0.1, -0.05) is 91.3 Å². The Balaban J connectivity index is 1.46. The third-order valence-corrected chi connectivity index (χ3v) is 6.15. The summed E-state index contributed by atoms with van der Waals surface area (Å²) >= 11 is 6.40. The molecule has 0 saturated heterocycles. The first kappa shape index (κ1) is 23.8. The van der Waals surface area contributed by atoms with Crippen molar-refractivity contribution in [3.05, 3.63) is 113 Å². The molecule has 4 rings (SSSR count). The maximum absolute atomic E-state index is 13.8. The van der Waals surface area contributed by atoms with E-state index in [9.17, 15) is 13.6 Å². The molecule has 0 fully saturated rings. The standard InChI is InChI=1S/C29H24ClF2NO/c1-2-29(31,32)23-15-11-21(12-16-23)19-24(34)18-20-9-13-22(14-10-20)28-26(7-5-17-33-28)25-6-3-4-8-27(25)30/h3-17H,2,18-19H2,1H3. The van der Waals surface area contributed by atoms with E-state index in [2.05, 4.69) is 4.98 Å². The van der Waals surface area contributed by atoms with E-state index in [1.165, 1.54) is 19.1 Å². The largest absolute Gasteiger partial charge is 0.299 e. The van der Waals surface area contributed by atoms with E-state index in [1.807, 2.05) is 60.7 Å². The third kappa shape index (κ3) is 5.40. The second-order valence-electron chi connectivity index (χ2n) is 8.22. The van der Waals surface area contributed by atoms with Crippen LogP contribution < -0.4 is 0 Å². The van der Waals surface area contributed by atoms with Gasteiger partial charge in [-0.2, -0.15) is 0 Å². The molecule has 1 heterocycles. The number of nitrogens with zero attached hydrogens (tertiary/aromatic N) is 1. The van der Waals surface area contributed by atoms with Gasteiger partial charge in [-0.3, -0.25) is 9.78 Å². The lowest BCUT2D eigenvalue weighted by molar-refractivity contribution is -0.117. The molecule has 2 nitrogen and oxygen atoms in total. The summed E-state index contributed by atoms with van der Waals surface area (Å²) < 4.78 is 27.6. The van der Waals surface area contributed by atoms with Crippen LogP contribution in [0.4, 0.5) is 8.78 Å². The number of rotatable bonds is 8. The average molecular weight is 476 g/mol. The van der Waals surface area contributed by atoms with Crippen LogP contribution in [0.25, 0.3) is 22.4 Å². The Hall–Kier alpha value is -3.37. The summed E-state index contributed by atoms with van der Waals surface area (Å²) in [6.45, 7) is 1.45. The Labute approximate surface area is 203 Å². The Morgan fingerprint density at radius 1 is 0.824 bits per heavy atom. The molecule has 0 aliphatic heterocycles. The van der Waals surface area contributed by atoms with Gasteiger partial charge in [0, 0.05) is 52.7 Å². The minimum absolute atomic E-state index is 0.0209. The van der Waals surface area contributed by atoms with Crippen LogP contribution in [0.15, 0.2) is 91.1 Å². The minimum Gasteiger partial charge on any atom is -0.299 e. The summed E-state index contributed by atoms with van der Waals surface area (Å²) in [4.78, 5) is 17.1. The summed E-state index contributed by atoms with van der Waals surface area (Å²) in [5.74, 6) is -2.82. The van der Waals surface area contributed by atoms with Gasteiger partial charge < -0.3 is 0 Å². The van der Waals surface area contributed by atoms with Crippen LogP contribution in [0, 0.1) is 0 Å². The maximum atomic E-state index is 13.8. The number of ketones is 1. The van der Waals surface area contributed by atoms with Crippen LogP contribution in [0.1, 0.15) is 30.0 Å². The van der Waals surface area contributed by atoms with Crippen molar-refractivity contribution in [3.8, 4) is 22.4 Å². The van der Waals surface area contributed by atoms with Gasteiger partial charge in [0.2, 0.25) is 0 Å². The summed E-state index contributed by atoms with van der Waals surface area (Å²) in [6.07, 6.45) is 1.97. The van der Waals surface area contributed by atoms with Crippen LogP contribution in [0.3, 0.4) is 0 Å². The van der Waals surface area contributed by atoms with Gasteiger partial charge in [-0.25, -0.2) is 8.78 Å². The van der Waals surface area contributed by atoms with E-state index in [4.69, 9.17) is 11.6 Å². The number of aromatic nitrogens is 1. The summed E-state index contributed by atoms with van der Waals surface area (Å²) in [5, 5.41) is 0.658. The van der Waals surface area contributed by atoms with E-state index < -0.39 is 5.92 Å². The monoisotopic (exact) mass is 475 g/mol. The second kappa shape index (κ2) is 10.3. The number of pyridine rings is 1. The number of halogens is 3. The van der Waals surface area contributed by atoms with Crippen molar-refractivity contribution in [2.45, 2.75) is 32.1 Å². The Morgan fingerprint density at radius 2 is 1.41 bits per heavy atom. The van der Waals surface area contributed by atoms with E-state index in [0.717, 1.165) is 33.5 Å². The molecule has 0 unspecified atom stereocenters. The zero-order valence-corrected chi connectivity index (χ0v) is 19.5. The minimum atomic E-state index is -2.84. The second-order valence-corrected chi connectivity index (χ2v) is 8.63. The number of benzene rings is 3. The van der Waals surface area contributed by atoms with Gasteiger partial charge in [-0.05, 0) is 23.3 Å². The van der Waals surface area contributed by atoms with Crippen molar-refractivity contribution in [2.24, 2.45) is 0 Å². The first-order valence-electron chi connectivity index (χ1n) is 11.2. The molecule has 0 amide bonds. The van der Waals surface area contributed by atoms with Gasteiger partial charge in [0.05, 0.1) is 5.69 Å². The Bertz CT molecular complexity index is 1280. The van der Waals surface area contributed by atoms with Gasteiger partial charge in [-0.15, -0.1) is 0 Å². The highest BCUT2D eigenvalue weighted by molar-refractivity contribution is 6.33. The lowest BCUT2D eigenvalue weighted by Crippen LogP contribution is -2.12. The zero-order valence-electron chi connectivity index (χ0n) is 18.8. The lowest BCUT2D eigenvalue weighted by Gasteiger charge is -2.14. The highest BCUT2D eigenvalue weighted by Gasteiger charge is 2.28. The molecule has 0 atom stereocenters. The van der Waals surface area contributed by atoms with Gasteiger partial charge in [0.1, 0.15) is 5.78 Å². The molecule has 5 heteroatoms. The molecule has 0 N–H and O–H groups in total. The molecule has 1 aromatic heterocycles. The summed E-state index contributed by atoms with van der Waals surface area (Å²) in [5.41, 5.74) is 5.19. The molecule has 0 aliphatic rings. The number of hydrogen-bond donors (Lipinski definition) is 0. The number of alkyl halides is 2. The quantitative estimate of drug-likeness (QED) is 0.259. The third-order valence-electron chi connectivity index (χ3n) is 5.82. The van der Waals surface area contributed by atoms with Crippen LogP contribution in [0.5, 0.6) is 0 Å². The summed E-state index contributed by atoms with van der Waals surface area (Å²) in [7, 11) is 0. The van der Waals surface area contributed by atoms with Crippen LogP contribution >= 0.6 is 11.6 Å². The first-order valence-corrected chi connectivity index (χ1v) is 11.5. The molecule has 0 saturated carbocycles. The average Bonchev–Trinajstić information content (AvgIpc) is 2.85. The Morgan fingerprint density at radius 3 is 2.03 bits per heavy atom. The Kier molecular flexibility index (Phi) is 7.18. The van der Waals surface area contributed by atoms with Crippen molar-refractivity contribution in [1.82, 2.24) is 4.98 Å². The number of hydrogen-bond acceptors (Lipinski definition) is 2. The van der Waals surface area contributed by atoms with E-state index in [1.54, 1.807) is 18.3 Å². The normalized spacial score (nSPS) is 11.4. The molecule has 0 aliphatic carbocycles. The zero-order chi connectivity index (χ0) is 24.1. The number of carbonyl (C=O) groups excluding carboxylic acids is 1. The van der Waals surface area contributed by atoms with Gasteiger partial charge in [0.25, 0.3) is 5.92 Å². The summed E-state index contributed by atoms with van der Waals surface area (Å²) in [6, 6.07) is 25.3. The first-order chi connectivity index (χ1) is 16.4. The van der Waals surface area contributed by atoms with Gasteiger partial charge in [0.15, 0.2) is 0 Å². The number of Topliss-reactive ketones (excluding diaryl/α,β-unsaturated/α-hetero) is 1. The highest BCUT2D eigenvalue weighted by Crippen LogP contribution is 2.34. The fourth-order valence-corrected chi connectivity index (χ4v) is 4.14.